The maximum atomic E-state index is 13.1. The largest absolute Gasteiger partial charge is 0.377 e. The summed E-state index contributed by atoms with van der Waals surface area (Å²) in [5.41, 5.74) is 0.176. The normalized spacial score (nSPS) is 14.2. The zero-order chi connectivity index (χ0) is 31.1. The smallest absolute Gasteiger partial charge is 0.270 e. The lowest BCUT2D eigenvalue weighted by atomic mass is 9.93. The number of carbonyl (C=O) groups is 4. The molecule has 0 aromatic heterocycles. The van der Waals surface area contributed by atoms with Crippen LogP contribution in [0, 0.1) is 20.2 Å². The Kier molecular flexibility index (Phi) is 7.28. The maximum Gasteiger partial charge on any atom is 0.270 e. The predicted molar refractivity (Wildman–Crippen MR) is 154 cm³/mol. The summed E-state index contributed by atoms with van der Waals surface area (Å²) in [4.78, 5) is 75.7. The van der Waals surface area contributed by atoms with Gasteiger partial charge < -0.3 is 9.47 Å². The van der Waals surface area contributed by atoms with E-state index in [4.69, 9.17) is 9.47 Å². The zero-order valence-corrected chi connectivity index (χ0v) is 22.9. The van der Waals surface area contributed by atoms with Crippen molar-refractivity contribution >= 4 is 56.5 Å². The van der Waals surface area contributed by atoms with Crippen molar-refractivity contribution in [3.63, 3.8) is 0 Å². The summed E-state index contributed by atoms with van der Waals surface area (Å²) in [5.74, 6) is -2.36. The molecule has 44 heavy (non-hydrogen) atoms. The zero-order valence-electron chi connectivity index (χ0n) is 22.9. The molecular formula is C30H22N4O10. The van der Waals surface area contributed by atoms with E-state index in [1.165, 1.54) is 24.3 Å². The van der Waals surface area contributed by atoms with Gasteiger partial charge in [-0.15, -0.1) is 0 Å². The third kappa shape index (κ3) is 4.81. The number of nitro benzene ring substituents is 2. The fraction of sp³-hybridized carbons (Fsp3) is 0.200. The van der Waals surface area contributed by atoms with Crippen LogP contribution in [0.15, 0.2) is 60.7 Å². The second kappa shape index (κ2) is 11.2. The van der Waals surface area contributed by atoms with Gasteiger partial charge in [0.25, 0.3) is 35.0 Å². The highest BCUT2D eigenvalue weighted by Crippen LogP contribution is 2.34. The van der Waals surface area contributed by atoms with Crippen LogP contribution < -0.4 is 0 Å². The number of benzene rings is 4. The predicted octanol–water partition coefficient (Wildman–Crippen LogP) is 3.73. The van der Waals surface area contributed by atoms with E-state index >= 15 is 0 Å². The highest BCUT2D eigenvalue weighted by atomic mass is 16.6. The lowest BCUT2D eigenvalue weighted by Gasteiger charge is -2.27. The second-order valence-electron chi connectivity index (χ2n) is 10.1. The summed E-state index contributed by atoms with van der Waals surface area (Å²) in [5, 5.41) is 24.3. The number of ether oxygens (including phenoxy) is 2. The van der Waals surface area contributed by atoms with Crippen molar-refractivity contribution in [1.82, 2.24) is 9.80 Å². The molecule has 0 fully saturated rings. The van der Waals surface area contributed by atoms with Gasteiger partial charge in [0.1, 0.15) is 0 Å². The molecule has 4 aromatic rings. The van der Waals surface area contributed by atoms with Gasteiger partial charge >= 0.3 is 0 Å². The summed E-state index contributed by atoms with van der Waals surface area (Å²) in [7, 11) is 0. The number of non-ortho nitro benzene ring substituents is 2. The van der Waals surface area contributed by atoms with Gasteiger partial charge in [0, 0.05) is 46.2 Å². The van der Waals surface area contributed by atoms with Gasteiger partial charge in [0.05, 0.1) is 60.5 Å². The van der Waals surface area contributed by atoms with Crippen LogP contribution in [0.4, 0.5) is 11.4 Å². The van der Waals surface area contributed by atoms with E-state index in [0.717, 1.165) is 9.80 Å². The van der Waals surface area contributed by atoms with Crippen LogP contribution >= 0.6 is 0 Å². The van der Waals surface area contributed by atoms with Crippen molar-refractivity contribution in [3.05, 3.63) is 103 Å². The molecule has 14 nitrogen and oxygen atoms in total. The van der Waals surface area contributed by atoms with Gasteiger partial charge in [-0.2, -0.15) is 0 Å². The van der Waals surface area contributed by atoms with Gasteiger partial charge in [0.2, 0.25) is 0 Å². The lowest BCUT2D eigenvalue weighted by Crippen LogP contribution is -2.42. The Morgan fingerprint density at radius 2 is 0.932 bits per heavy atom. The summed E-state index contributed by atoms with van der Waals surface area (Å²) in [6.07, 6.45) is 0. The van der Waals surface area contributed by atoms with Crippen LogP contribution in [0.25, 0.3) is 21.5 Å². The minimum Gasteiger partial charge on any atom is -0.377 e. The maximum absolute atomic E-state index is 13.1. The number of hydrogen-bond donors (Lipinski definition) is 0. The molecule has 4 amide bonds. The highest BCUT2D eigenvalue weighted by Gasteiger charge is 2.35. The van der Waals surface area contributed by atoms with Crippen molar-refractivity contribution in [1.29, 1.82) is 0 Å². The molecule has 6 rings (SSSR count). The summed E-state index contributed by atoms with van der Waals surface area (Å²) < 4.78 is 11.0. The number of hydrogen-bond acceptors (Lipinski definition) is 10. The van der Waals surface area contributed by atoms with Crippen LogP contribution in [0.5, 0.6) is 0 Å². The molecule has 0 saturated carbocycles. The molecule has 0 unspecified atom stereocenters. The topological polar surface area (TPSA) is 180 Å². The summed E-state index contributed by atoms with van der Waals surface area (Å²) >= 11 is 0. The monoisotopic (exact) mass is 598 g/mol. The highest BCUT2D eigenvalue weighted by molar-refractivity contribution is 6.26. The summed E-state index contributed by atoms with van der Waals surface area (Å²) in [6, 6.07) is 14.5. The van der Waals surface area contributed by atoms with E-state index in [0.29, 0.717) is 21.5 Å². The van der Waals surface area contributed by atoms with Crippen molar-refractivity contribution in [3.8, 4) is 0 Å². The SMILES string of the molecule is O=C1c2cccc3cc([N+](=O)[O-])cc(c23)C(=O)N1CCOCCOCCN1C(=O)c2cccc3cc([N+](=O)[O-])cc(c23)C1=O. The van der Waals surface area contributed by atoms with Crippen molar-refractivity contribution in [2.24, 2.45) is 0 Å². The first-order valence-corrected chi connectivity index (χ1v) is 13.5. The number of carbonyl (C=O) groups excluding carboxylic acids is 4. The third-order valence-corrected chi connectivity index (χ3v) is 7.54. The molecule has 2 aliphatic rings. The Bertz CT molecular complexity index is 1800. The molecule has 2 heterocycles. The molecule has 0 spiro atoms. The Labute approximate surface area is 247 Å². The Balaban J connectivity index is 1.01. The number of nitrogens with zero attached hydrogens (tertiary/aromatic N) is 4. The van der Waals surface area contributed by atoms with E-state index in [2.05, 4.69) is 0 Å². The summed E-state index contributed by atoms with van der Waals surface area (Å²) in [6.45, 7) is -0.0875. The molecule has 4 aromatic carbocycles. The Morgan fingerprint density at radius 1 is 0.545 bits per heavy atom. The molecule has 0 aliphatic carbocycles. The third-order valence-electron chi connectivity index (χ3n) is 7.54. The van der Waals surface area contributed by atoms with Gasteiger partial charge in [0.15, 0.2) is 0 Å². The lowest BCUT2D eigenvalue weighted by molar-refractivity contribution is -0.384. The van der Waals surface area contributed by atoms with Crippen LogP contribution in [0.1, 0.15) is 41.4 Å². The molecule has 0 saturated heterocycles. The number of rotatable bonds is 11. The van der Waals surface area contributed by atoms with E-state index in [-0.39, 0.29) is 73.1 Å². The van der Waals surface area contributed by atoms with E-state index < -0.39 is 33.5 Å². The molecule has 222 valence electrons. The van der Waals surface area contributed by atoms with Gasteiger partial charge in [-0.25, -0.2) is 0 Å². The molecule has 2 aliphatic heterocycles. The molecule has 0 radical (unpaired) electrons. The minimum absolute atomic E-state index is 0.0241. The standard InChI is InChI=1S/C30H22N4O10/c35-27-21-5-1-3-17-13-19(33(39)40)15-23(25(17)21)29(37)31(27)7-9-43-11-12-44-10-8-32-28(36)22-6-2-4-18-14-20(34(41)42)16-24(26(18)22)30(32)38/h1-6,13-16H,7-12H2. The van der Waals surface area contributed by atoms with E-state index in [1.807, 2.05) is 0 Å². The van der Waals surface area contributed by atoms with Crippen molar-refractivity contribution in [2.45, 2.75) is 0 Å². The van der Waals surface area contributed by atoms with Gasteiger partial charge in [-0.1, -0.05) is 24.3 Å². The van der Waals surface area contributed by atoms with E-state index in [9.17, 15) is 39.4 Å². The van der Waals surface area contributed by atoms with Crippen LogP contribution in [0.3, 0.4) is 0 Å². The number of nitro groups is 2. The molecule has 0 N–H and O–H groups in total. The van der Waals surface area contributed by atoms with Crippen molar-refractivity contribution in [2.75, 3.05) is 39.5 Å². The van der Waals surface area contributed by atoms with Crippen LogP contribution in [-0.4, -0.2) is 82.8 Å². The molecule has 0 atom stereocenters. The minimum atomic E-state index is -0.652. The molecule has 14 heteroatoms. The second-order valence-corrected chi connectivity index (χ2v) is 10.1. The Hall–Kier alpha value is -5.60. The fourth-order valence-corrected chi connectivity index (χ4v) is 5.53. The Morgan fingerprint density at radius 3 is 1.32 bits per heavy atom. The van der Waals surface area contributed by atoms with Crippen LogP contribution in [-0.2, 0) is 9.47 Å². The fourth-order valence-electron chi connectivity index (χ4n) is 5.53. The first-order chi connectivity index (χ1) is 21.2. The van der Waals surface area contributed by atoms with E-state index in [1.54, 1.807) is 36.4 Å². The quantitative estimate of drug-likeness (QED) is 0.107. The van der Waals surface area contributed by atoms with Crippen LogP contribution in [0.2, 0.25) is 0 Å². The first-order valence-electron chi connectivity index (χ1n) is 13.5. The van der Waals surface area contributed by atoms with Gasteiger partial charge in [-0.3, -0.25) is 49.2 Å². The number of amides is 4. The van der Waals surface area contributed by atoms with Crippen molar-refractivity contribution < 1.29 is 38.5 Å². The van der Waals surface area contributed by atoms with Gasteiger partial charge in [-0.05, 0) is 22.9 Å². The number of imide groups is 2. The first kappa shape index (κ1) is 28.5. The average Bonchev–Trinajstić information content (AvgIpc) is 3.01. The molecule has 0 bridgehead atoms. The average molecular weight is 599 g/mol. The molecular weight excluding hydrogens is 576 g/mol.